The molecule has 1 amide bonds. The molecular formula is C12H12F2N4O. The Bertz CT molecular complexity index is 584. The lowest BCUT2D eigenvalue weighted by atomic mass is 10.1. The molecule has 0 spiro atoms. The van der Waals surface area contributed by atoms with Gasteiger partial charge in [-0.15, -0.1) is 0 Å². The molecule has 2 rings (SSSR count). The van der Waals surface area contributed by atoms with Crippen molar-refractivity contribution in [2.45, 2.75) is 6.54 Å². The topological polar surface area (TPSA) is 72.9 Å². The van der Waals surface area contributed by atoms with Gasteiger partial charge in [0.05, 0.1) is 17.8 Å². The maximum Gasteiger partial charge on any atom is 0.254 e. The van der Waals surface area contributed by atoms with Crippen molar-refractivity contribution in [3.05, 3.63) is 47.8 Å². The number of nitrogen functional groups attached to an aromatic ring is 1. The van der Waals surface area contributed by atoms with Gasteiger partial charge in [-0.05, 0) is 12.1 Å². The Balaban J connectivity index is 1.98. The number of hydrogen-bond donors (Lipinski definition) is 2. The number of benzene rings is 1. The van der Waals surface area contributed by atoms with E-state index in [1.54, 1.807) is 23.1 Å². The van der Waals surface area contributed by atoms with E-state index in [0.717, 1.165) is 6.07 Å². The van der Waals surface area contributed by atoms with Crippen molar-refractivity contribution in [2.24, 2.45) is 0 Å². The highest BCUT2D eigenvalue weighted by atomic mass is 19.1. The summed E-state index contributed by atoms with van der Waals surface area (Å²) in [7, 11) is 0. The van der Waals surface area contributed by atoms with Crippen LogP contribution in [0.1, 0.15) is 10.4 Å². The maximum absolute atomic E-state index is 13.4. The number of anilines is 1. The van der Waals surface area contributed by atoms with Crippen LogP contribution in [-0.2, 0) is 6.54 Å². The summed E-state index contributed by atoms with van der Waals surface area (Å²) in [5.41, 5.74) is 4.75. The van der Waals surface area contributed by atoms with Gasteiger partial charge in [0.25, 0.3) is 5.91 Å². The lowest BCUT2D eigenvalue weighted by Crippen LogP contribution is -2.28. The number of halogens is 2. The van der Waals surface area contributed by atoms with Gasteiger partial charge in [0.15, 0.2) is 0 Å². The Labute approximate surface area is 108 Å². The van der Waals surface area contributed by atoms with Gasteiger partial charge in [-0.25, -0.2) is 8.78 Å². The van der Waals surface area contributed by atoms with E-state index >= 15 is 0 Å². The third kappa shape index (κ3) is 3.06. The molecule has 1 aromatic heterocycles. The molecule has 0 saturated heterocycles. The second-order valence-corrected chi connectivity index (χ2v) is 3.88. The Kier molecular flexibility index (Phi) is 3.74. The zero-order valence-corrected chi connectivity index (χ0v) is 9.94. The predicted octanol–water partition coefficient (Wildman–Crippen LogP) is 1.17. The van der Waals surface area contributed by atoms with Crippen LogP contribution in [0.3, 0.4) is 0 Å². The van der Waals surface area contributed by atoms with Crippen LogP contribution < -0.4 is 11.1 Å². The van der Waals surface area contributed by atoms with Crippen molar-refractivity contribution < 1.29 is 13.6 Å². The van der Waals surface area contributed by atoms with Crippen molar-refractivity contribution >= 4 is 11.6 Å². The number of carbonyl (C=O) groups is 1. The smallest absolute Gasteiger partial charge is 0.254 e. The third-order valence-electron chi connectivity index (χ3n) is 2.52. The zero-order valence-electron chi connectivity index (χ0n) is 9.94. The lowest BCUT2D eigenvalue weighted by molar-refractivity contribution is 0.0948. The lowest BCUT2D eigenvalue weighted by Gasteiger charge is -2.07. The van der Waals surface area contributed by atoms with Gasteiger partial charge in [-0.2, -0.15) is 5.10 Å². The second kappa shape index (κ2) is 5.47. The number of nitrogens with two attached hydrogens (primary N) is 1. The van der Waals surface area contributed by atoms with Gasteiger partial charge < -0.3 is 11.1 Å². The summed E-state index contributed by atoms with van der Waals surface area (Å²) in [5.74, 6) is -2.47. The number of hydrogen-bond acceptors (Lipinski definition) is 3. The van der Waals surface area contributed by atoms with Crippen LogP contribution in [0, 0.1) is 11.6 Å². The van der Waals surface area contributed by atoms with Gasteiger partial charge in [-0.3, -0.25) is 9.48 Å². The minimum Gasteiger partial charge on any atom is -0.396 e. The van der Waals surface area contributed by atoms with Crippen LogP contribution in [0.15, 0.2) is 30.6 Å². The van der Waals surface area contributed by atoms with Crippen LogP contribution in [-0.4, -0.2) is 22.2 Å². The van der Waals surface area contributed by atoms with Crippen molar-refractivity contribution in [1.29, 1.82) is 0 Å². The largest absolute Gasteiger partial charge is 0.396 e. The molecule has 2 aromatic rings. The van der Waals surface area contributed by atoms with E-state index in [-0.39, 0.29) is 17.8 Å². The third-order valence-corrected chi connectivity index (χ3v) is 2.52. The Morgan fingerprint density at radius 2 is 2.16 bits per heavy atom. The number of nitrogens with zero attached hydrogens (tertiary/aromatic N) is 2. The van der Waals surface area contributed by atoms with Crippen LogP contribution in [0.2, 0.25) is 0 Å². The average Bonchev–Trinajstić information content (AvgIpc) is 2.86. The summed E-state index contributed by atoms with van der Waals surface area (Å²) in [5, 5.41) is 6.46. The number of nitrogens with one attached hydrogen (secondary N) is 1. The standard InChI is InChI=1S/C12H12F2N4O/c13-9-7-10(14)11(15)6-8(9)12(19)16-3-5-18-4-1-2-17-18/h1-2,4,6-7H,3,5,15H2,(H,16,19). The van der Waals surface area contributed by atoms with Gasteiger partial charge in [-0.1, -0.05) is 0 Å². The molecule has 5 nitrogen and oxygen atoms in total. The van der Waals surface area contributed by atoms with E-state index in [4.69, 9.17) is 5.73 Å². The van der Waals surface area contributed by atoms with Gasteiger partial charge >= 0.3 is 0 Å². The fraction of sp³-hybridized carbons (Fsp3) is 0.167. The highest BCUT2D eigenvalue weighted by Gasteiger charge is 2.14. The SMILES string of the molecule is Nc1cc(C(=O)NCCn2cccn2)c(F)cc1F. The molecule has 7 heteroatoms. The van der Waals surface area contributed by atoms with Crippen molar-refractivity contribution in [3.8, 4) is 0 Å². The van der Waals surface area contributed by atoms with Crippen LogP contribution in [0.25, 0.3) is 0 Å². The minimum atomic E-state index is -0.941. The molecule has 0 bridgehead atoms. The number of amides is 1. The molecule has 0 atom stereocenters. The van der Waals surface area contributed by atoms with Gasteiger partial charge in [0.2, 0.25) is 0 Å². The Morgan fingerprint density at radius 1 is 1.37 bits per heavy atom. The van der Waals surface area contributed by atoms with Crippen molar-refractivity contribution in [1.82, 2.24) is 15.1 Å². The molecule has 0 saturated carbocycles. The molecule has 0 fully saturated rings. The number of aromatic nitrogens is 2. The van der Waals surface area contributed by atoms with Crippen molar-refractivity contribution in [2.75, 3.05) is 12.3 Å². The fourth-order valence-electron chi connectivity index (χ4n) is 1.55. The molecule has 0 aliphatic heterocycles. The second-order valence-electron chi connectivity index (χ2n) is 3.88. The van der Waals surface area contributed by atoms with Gasteiger partial charge in [0, 0.05) is 25.0 Å². The molecule has 100 valence electrons. The number of carbonyl (C=O) groups excluding carboxylic acids is 1. The first-order chi connectivity index (χ1) is 9.08. The van der Waals surface area contributed by atoms with Crippen LogP contribution in [0.5, 0.6) is 0 Å². The van der Waals surface area contributed by atoms with Crippen LogP contribution >= 0.6 is 0 Å². The maximum atomic E-state index is 13.4. The Hall–Kier alpha value is -2.44. The zero-order chi connectivity index (χ0) is 13.8. The quantitative estimate of drug-likeness (QED) is 0.816. The first kappa shape index (κ1) is 13.0. The highest BCUT2D eigenvalue weighted by molar-refractivity contribution is 5.95. The van der Waals surface area contributed by atoms with E-state index in [1.807, 2.05) is 0 Å². The summed E-state index contributed by atoms with van der Waals surface area (Å²) >= 11 is 0. The fourth-order valence-corrected chi connectivity index (χ4v) is 1.55. The molecular weight excluding hydrogens is 254 g/mol. The average molecular weight is 266 g/mol. The molecule has 0 aliphatic rings. The minimum absolute atomic E-state index is 0.265. The first-order valence-electron chi connectivity index (χ1n) is 5.58. The van der Waals surface area contributed by atoms with E-state index in [0.29, 0.717) is 12.6 Å². The van der Waals surface area contributed by atoms with Crippen molar-refractivity contribution in [3.63, 3.8) is 0 Å². The molecule has 1 aromatic carbocycles. The highest BCUT2D eigenvalue weighted by Crippen LogP contribution is 2.16. The molecule has 0 unspecified atom stereocenters. The van der Waals surface area contributed by atoms with E-state index in [2.05, 4.69) is 10.4 Å². The van der Waals surface area contributed by atoms with Gasteiger partial charge in [0.1, 0.15) is 11.6 Å². The summed E-state index contributed by atoms with van der Waals surface area (Å²) in [6.07, 6.45) is 3.35. The Morgan fingerprint density at radius 3 is 2.84 bits per heavy atom. The van der Waals surface area contributed by atoms with E-state index in [1.165, 1.54) is 0 Å². The first-order valence-corrected chi connectivity index (χ1v) is 5.58. The van der Waals surface area contributed by atoms with E-state index < -0.39 is 17.5 Å². The summed E-state index contributed by atoms with van der Waals surface area (Å²) in [4.78, 5) is 11.7. The number of rotatable bonds is 4. The molecule has 19 heavy (non-hydrogen) atoms. The summed E-state index contributed by atoms with van der Waals surface area (Å²) < 4.78 is 28.0. The monoisotopic (exact) mass is 266 g/mol. The molecule has 1 heterocycles. The summed E-state index contributed by atoms with van der Waals surface area (Å²) in [6, 6.07) is 3.33. The molecule has 0 radical (unpaired) electrons. The normalized spacial score (nSPS) is 10.4. The van der Waals surface area contributed by atoms with E-state index in [9.17, 15) is 13.6 Å². The predicted molar refractivity (Wildman–Crippen MR) is 65.3 cm³/mol. The van der Waals surface area contributed by atoms with Crippen LogP contribution in [0.4, 0.5) is 14.5 Å². The molecule has 3 N–H and O–H groups in total. The molecule has 0 aliphatic carbocycles. The summed E-state index contributed by atoms with van der Waals surface area (Å²) in [6.45, 7) is 0.730.